The van der Waals surface area contributed by atoms with Crippen LogP contribution in [-0.4, -0.2) is 6.04 Å². The Morgan fingerprint density at radius 2 is 1.53 bits per heavy atom. The Balaban J connectivity index is 1.66. The van der Waals surface area contributed by atoms with Crippen molar-refractivity contribution in [3.63, 3.8) is 0 Å². The molecule has 1 aliphatic rings. The first kappa shape index (κ1) is 12.4. The molecular formula is C18H21N. The molecule has 0 heterocycles. The summed E-state index contributed by atoms with van der Waals surface area (Å²) in [7, 11) is 0. The molecule has 98 valence electrons. The first-order valence-electron chi connectivity index (χ1n) is 7.12. The maximum atomic E-state index is 3.76. The van der Waals surface area contributed by atoms with E-state index in [1.807, 2.05) is 0 Å². The quantitative estimate of drug-likeness (QED) is 0.874. The van der Waals surface area contributed by atoms with E-state index < -0.39 is 0 Å². The summed E-state index contributed by atoms with van der Waals surface area (Å²) < 4.78 is 0. The fourth-order valence-corrected chi connectivity index (χ4v) is 2.98. The van der Waals surface area contributed by atoms with Crippen LogP contribution in [0.25, 0.3) is 0 Å². The van der Waals surface area contributed by atoms with Gasteiger partial charge in [-0.1, -0.05) is 54.1 Å². The predicted octanol–water partition coefficient (Wildman–Crippen LogP) is 3.81. The summed E-state index contributed by atoms with van der Waals surface area (Å²) in [5, 5.41) is 3.76. The van der Waals surface area contributed by atoms with E-state index in [9.17, 15) is 0 Å². The van der Waals surface area contributed by atoms with Crippen molar-refractivity contribution >= 4 is 0 Å². The highest BCUT2D eigenvalue weighted by Gasteiger charge is 2.22. The molecule has 2 aromatic rings. The standard InChI is InChI=1S/C18H21N/c1-13-7-9-15(10-8-13)14(2)19-18-11-16-5-3-4-6-17(16)12-18/h3-10,14,18-19H,11-12H2,1-2H3. The Labute approximate surface area is 115 Å². The first-order chi connectivity index (χ1) is 9.22. The SMILES string of the molecule is Cc1ccc(C(C)NC2Cc3ccccc3C2)cc1. The molecule has 0 radical (unpaired) electrons. The lowest BCUT2D eigenvalue weighted by Gasteiger charge is -2.19. The van der Waals surface area contributed by atoms with Gasteiger partial charge >= 0.3 is 0 Å². The molecule has 1 N–H and O–H groups in total. The van der Waals surface area contributed by atoms with Crippen molar-refractivity contribution in [3.05, 3.63) is 70.8 Å². The van der Waals surface area contributed by atoms with Gasteiger partial charge in [0.2, 0.25) is 0 Å². The fraction of sp³-hybridized carbons (Fsp3) is 0.333. The highest BCUT2D eigenvalue weighted by Crippen LogP contribution is 2.24. The van der Waals surface area contributed by atoms with E-state index >= 15 is 0 Å². The highest BCUT2D eigenvalue weighted by molar-refractivity contribution is 5.33. The summed E-state index contributed by atoms with van der Waals surface area (Å²) in [6.07, 6.45) is 2.32. The smallest absolute Gasteiger partial charge is 0.0294 e. The van der Waals surface area contributed by atoms with E-state index in [1.54, 1.807) is 0 Å². The van der Waals surface area contributed by atoms with E-state index in [2.05, 4.69) is 67.7 Å². The van der Waals surface area contributed by atoms with Crippen molar-refractivity contribution in [1.29, 1.82) is 0 Å². The molecule has 19 heavy (non-hydrogen) atoms. The summed E-state index contributed by atoms with van der Waals surface area (Å²) in [5.41, 5.74) is 5.72. The molecule has 1 aliphatic carbocycles. The van der Waals surface area contributed by atoms with Crippen LogP contribution in [-0.2, 0) is 12.8 Å². The van der Waals surface area contributed by atoms with Crippen LogP contribution in [0.2, 0.25) is 0 Å². The van der Waals surface area contributed by atoms with Crippen LogP contribution in [0.4, 0.5) is 0 Å². The third-order valence-electron chi connectivity index (χ3n) is 4.11. The van der Waals surface area contributed by atoms with E-state index in [0.29, 0.717) is 12.1 Å². The van der Waals surface area contributed by atoms with Crippen LogP contribution < -0.4 is 5.32 Å². The fourth-order valence-electron chi connectivity index (χ4n) is 2.98. The molecule has 1 heteroatoms. The van der Waals surface area contributed by atoms with Gasteiger partial charge in [-0.15, -0.1) is 0 Å². The van der Waals surface area contributed by atoms with Crippen LogP contribution >= 0.6 is 0 Å². The molecular weight excluding hydrogens is 230 g/mol. The summed E-state index contributed by atoms with van der Waals surface area (Å²) in [6, 6.07) is 18.6. The normalized spacial score (nSPS) is 16.3. The number of aryl methyl sites for hydroxylation is 1. The molecule has 0 aromatic heterocycles. The van der Waals surface area contributed by atoms with Crippen LogP contribution in [0.1, 0.15) is 35.2 Å². The Kier molecular flexibility index (Phi) is 3.39. The van der Waals surface area contributed by atoms with Crippen LogP contribution in [0.3, 0.4) is 0 Å². The van der Waals surface area contributed by atoms with Crippen LogP contribution in [0.5, 0.6) is 0 Å². The maximum absolute atomic E-state index is 3.76. The Morgan fingerprint density at radius 1 is 0.947 bits per heavy atom. The van der Waals surface area contributed by atoms with Crippen LogP contribution in [0.15, 0.2) is 48.5 Å². The molecule has 0 bridgehead atoms. The molecule has 0 saturated heterocycles. The molecule has 0 saturated carbocycles. The third kappa shape index (κ3) is 2.71. The summed E-state index contributed by atoms with van der Waals surface area (Å²) >= 11 is 0. The minimum atomic E-state index is 0.417. The van der Waals surface area contributed by atoms with Gasteiger partial charge in [0.15, 0.2) is 0 Å². The first-order valence-corrected chi connectivity index (χ1v) is 7.12. The number of rotatable bonds is 3. The van der Waals surface area contributed by atoms with Crippen molar-refractivity contribution in [2.45, 2.75) is 38.8 Å². The van der Waals surface area contributed by atoms with Gasteiger partial charge in [-0.2, -0.15) is 0 Å². The molecule has 1 nitrogen and oxygen atoms in total. The second kappa shape index (κ2) is 5.18. The lowest BCUT2D eigenvalue weighted by molar-refractivity contribution is 0.467. The molecule has 1 unspecified atom stereocenters. The zero-order valence-corrected chi connectivity index (χ0v) is 11.7. The number of nitrogens with one attached hydrogen (secondary N) is 1. The van der Waals surface area contributed by atoms with E-state index in [0.717, 1.165) is 12.8 Å². The van der Waals surface area contributed by atoms with E-state index in [1.165, 1.54) is 22.3 Å². The van der Waals surface area contributed by atoms with Crippen molar-refractivity contribution in [1.82, 2.24) is 5.32 Å². The summed E-state index contributed by atoms with van der Waals surface area (Å²) in [5.74, 6) is 0. The Hall–Kier alpha value is -1.60. The second-order valence-electron chi connectivity index (χ2n) is 5.67. The van der Waals surface area contributed by atoms with Crippen LogP contribution in [0, 0.1) is 6.92 Å². The number of hydrogen-bond donors (Lipinski definition) is 1. The zero-order valence-electron chi connectivity index (χ0n) is 11.7. The van der Waals surface area contributed by atoms with Gasteiger partial charge in [-0.05, 0) is 43.4 Å². The molecule has 0 fully saturated rings. The molecule has 3 rings (SSSR count). The lowest BCUT2D eigenvalue weighted by atomic mass is 10.0. The topological polar surface area (TPSA) is 12.0 Å². The molecule has 0 aliphatic heterocycles. The second-order valence-corrected chi connectivity index (χ2v) is 5.67. The van der Waals surface area contributed by atoms with Gasteiger partial charge in [0.25, 0.3) is 0 Å². The lowest BCUT2D eigenvalue weighted by Crippen LogP contribution is -2.32. The molecule has 2 aromatic carbocycles. The zero-order chi connectivity index (χ0) is 13.2. The largest absolute Gasteiger partial charge is 0.307 e. The van der Waals surface area contributed by atoms with E-state index in [-0.39, 0.29) is 0 Å². The average molecular weight is 251 g/mol. The van der Waals surface area contributed by atoms with Gasteiger partial charge in [0.05, 0.1) is 0 Å². The number of fused-ring (bicyclic) bond motifs is 1. The average Bonchev–Trinajstić information content (AvgIpc) is 2.81. The van der Waals surface area contributed by atoms with E-state index in [4.69, 9.17) is 0 Å². The maximum Gasteiger partial charge on any atom is 0.0294 e. The van der Waals surface area contributed by atoms with Gasteiger partial charge in [-0.25, -0.2) is 0 Å². The Bertz CT molecular complexity index is 531. The third-order valence-corrected chi connectivity index (χ3v) is 4.11. The minimum absolute atomic E-state index is 0.417. The summed E-state index contributed by atoms with van der Waals surface area (Å²) in [4.78, 5) is 0. The minimum Gasteiger partial charge on any atom is -0.307 e. The molecule has 1 atom stereocenters. The summed E-state index contributed by atoms with van der Waals surface area (Å²) in [6.45, 7) is 4.39. The van der Waals surface area contributed by atoms with Gasteiger partial charge in [0.1, 0.15) is 0 Å². The van der Waals surface area contributed by atoms with Crippen molar-refractivity contribution in [2.24, 2.45) is 0 Å². The predicted molar refractivity (Wildman–Crippen MR) is 80.4 cm³/mol. The van der Waals surface area contributed by atoms with Gasteiger partial charge in [0, 0.05) is 12.1 Å². The van der Waals surface area contributed by atoms with Crippen molar-refractivity contribution < 1.29 is 0 Å². The highest BCUT2D eigenvalue weighted by atomic mass is 14.9. The Morgan fingerprint density at radius 3 is 2.11 bits per heavy atom. The van der Waals surface area contributed by atoms with Crippen molar-refractivity contribution in [3.8, 4) is 0 Å². The molecule has 0 amide bonds. The molecule has 0 spiro atoms. The number of hydrogen-bond acceptors (Lipinski definition) is 1. The monoisotopic (exact) mass is 251 g/mol. The van der Waals surface area contributed by atoms with Crippen molar-refractivity contribution in [2.75, 3.05) is 0 Å². The van der Waals surface area contributed by atoms with Gasteiger partial charge in [-0.3, -0.25) is 0 Å². The number of benzene rings is 2. The van der Waals surface area contributed by atoms with Gasteiger partial charge < -0.3 is 5.32 Å².